The second kappa shape index (κ2) is 6.66. The normalized spacial score (nSPS) is 19.7. The molecule has 2 rings (SSSR count). The Balaban J connectivity index is 2.18. The van der Waals surface area contributed by atoms with E-state index in [0.717, 1.165) is 31.3 Å². The molecular weight excluding hydrogens is 304 g/mol. The maximum Gasteiger partial charge on any atom is 0.253 e. The molecule has 1 saturated heterocycles. The van der Waals surface area contributed by atoms with Crippen molar-refractivity contribution in [3.8, 4) is 0 Å². The van der Waals surface area contributed by atoms with Crippen LogP contribution >= 0.6 is 0 Å². The van der Waals surface area contributed by atoms with Gasteiger partial charge in [0.05, 0.1) is 29.7 Å². The van der Waals surface area contributed by atoms with E-state index in [1.165, 1.54) is 0 Å². The first-order valence-electron chi connectivity index (χ1n) is 7.27. The Hall–Kier alpha value is -1.60. The summed E-state index contributed by atoms with van der Waals surface area (Å²) < 4.78 is 30.8. The zero-order valence-electron chi connectivity index (χ0n) is 13.0. The first kappa shape index (κ1) is 16.8. The number of benzene rings is 1. The van der Waals surface area contributed by atoms with Crippen LogP contribution in [0.5, 0.6) is 0 Å². The van der Waals surface area contributed by atoms with Crippen LogP contribution in [-0.4, -0.2) is 39.3 Å². The third-order valence-corrected chi connectivity index (χ3v) is 4.19. The maximum atomic E-state index is 12.5. The summed E-state index contributed by atoms with van der Waals surface area (Å²) in [5.41, 5.74) is 1.48. The van der Waals surface area contributed by atoms with E-state index in [9.17, 15) is 13.2 Å². The zero-order valence-corrected chi connectivity index (χ0v) is 13.9. The van der Waals surface area contributed by atoms with E-state index in [2.05, 4.69) is 10.0 Å². The van der Waals surface area contributed by atoms with Crippen LogP contribution in [0, 0.1) is 6.92 Å². The SMILES string of the molecule is Cc1ccc(NS(C)(=O)=O)c(C(=O)N[C@@H](C)[C@@H]2CCCO2)c1. The van der Waals surface area contributed by atoms with E-state index < -0.39 is 10.0 Å². The highest BCUT2D eigenvalue weighted by atomic mass is 32.2. The molecule has 22 heavy (non-hydrogen) atoms. The van der Waals surface area contributed by atoms with Crippen LogP contribution in [0.2, 0.25) is 0 Å². The monoisotopic (exact) mass is 326 g/mol. The van der Waals surface area contributed by atoms with Gasteiger partial charge >= 0.3 is 0 Å². The largest absolute Gasteiger partial charge is 0.376 e. The summed E-state index contributed by atoms with van der Waals surface area (Å²) in [5, 5.41) is 2.89. The number of rotatable bonds is 5. The first-order valence-corrected chi connectivity index (χ1v) is 9.16. The lowest BCUT2D eigenvalue weighted by molar-refractivity contribution is 0.0713. The lowest BCUT2D eigenvalue weighted by Crippen LogP contribution is -2.41. The smallest absolute Gasteiger partial charge is 0.253 e. The number of anilines is 1. The number of nitrogens with one attached hydrogen (secondary N) is 2. The Bertz CT molecular complexity index is 652. The van der Waals surface area contributed by atoms with Gasteiger partial charge in [0, 0.05) is 6.61 Å². The molecule has 1 aliphatic rings. The second-order valence-corrected chi connectivity index (χ2v) is 7.49. The predicted molar refractivity (Wildman–Crippen MR) is 85.5 cm³/mol. The van der Waals surface area contributed by atoms with Crippen molar-refractivity contribution in [1.82, 2.24) is 5.32 Å². The third-order valence-electron chi connectivity index (χ3n) is 3.60. The summed E-state index contributed by atoms with van der Waals surface area (Å²) in [5.74, 6) is -0.308. The molecule has 7 heteroatoms. The Labute approximate surface area is 131 Å². The standard InChI is InChI=1S/C15H22N2O4S/c1-10-6-7-13(17-22(3,19)20)12(9-10)15(18)16-11(2)14-5-4-8-21-14/h6-7,9,11,14,17H,4-5,8H2,1-3H3,(H,16,18)/t11-,14-/m0/s1. The number of hydrogen-bond acceptors (Lipinski definition) is 4. The molecule has 1 heterocycles. The van der Waals surface area contributed by atoms with Crippen LogP contribution in [0.1, 0.15) is 35.7 Å². The molecule has 2 atom stereocenters. The van der Waals surface area contributed by atoms with Crippen molar-refractivity contribution in [3.05, 3.63) is 29.3 Å². The Morgan fingerprint density at radius 1 is 1.41 bits per heavy atom. The quantitative estimate of drug-likeness (QED) is 0.862. The molecule has 2 N–H and O–H groups in total. The van der Waals surface area contributed by atoms with Crippen molar-refractivity contribution in [2.45, 2.75) is 38.8 Å². The van der Waals surface area contributed by atoms with E-state index >= 15 is 0 Å². The maximum absolute atomic E-state index is 12.5. The molecule has 0 aliphatic carbocycles. The lowest BCUT2D eigenvalue weighted by atomic mass is 10.1. The zero-order chi connectivity index (χ0) is 16.3. The summed E-state index contributed by atoms with van der Waals surface area (Å²) in [6, 6.07) is 4.91. The fourth-order valence-corrected chi connectivity index (χ4v) is 3.09. The van der Waals surface area contributed by atoms with E-state index in [0.29, 0.717) is 5.56 Å². The van der Waals surface area contributed by atoms with Crippen LogP contribution in [0.25, 0.3) is 0 Å². The summed E-state index contributed by atoms with van der Waals surface area (Å²) in [6.07, 6.45) is 2.99. The van der Waals surface area contributed by atoms with E-state index in [4.69, 9.17) is 4.74 Å². The lowest BCUT2D eigenvalue weighted by Gasteiger charge is -2.21. The summed E-state index contributed by atoms with van der Waals surface area (Å²) >= 11 is 0. The summed E-state index contributed by atoms with van der Waals surface area (Å²) in [4.78, 5) is 12.5. The van der Waals surface area contributed by atoms with Crippen LogP contribution in [0.3, 0.4) is 0 Å². The number of hydrogen-bond donors (Lipinski definition) is 2. The number of aryl methyl sites for hydroxylation is 1. The molecule has 0 unspecified atom stereocenters. The number of carbonyl (C=O) groups excluding carboxylic acids is 1. The van der Waals surface area contributed by atoms with Gasteiger partial charge in [0.15, 0.2) is 0 Å². The Kier molecular flexibility index (Phi) is 5.08. The molecule has 0 aromatic heterocycles. The van der Waals surface area contributed by atoms with Gasteiger partial charge in [-0.15, -0.1) is 0 Å². The minimum Gasteiger partial charge on any atom is -0.376 e. The molecule has 0 radical (unpaired) electrons. The fraction of sp³-hybridized carbons (Fsp3) is 0.533. The summed E-state index contributed by atoms with van der Waals surface area (Å²) in [7, 11) is -3.44. The highest BCUT2D eigenvalue weighted by Gasteiger charge is 2.25. The van der Waals surface area contributed by atoms with Gasteiger partial charge in [0.25, 0.3) is 5.91 Å². The highest BCUT2D eigenvalue weighted by Crippen LogP contribution is 2.20. The molecule has 6 nitrogen and oxygen atoms in total. The van der Waals surface area contributed by atoms with Gasteiger partial charge < -0.3 is 10.1 Å². The molecular formula is C15H22N2O4S. The Morgan fingerprint density at radius 2 is 2.14 bits per heavy atom. The molecule has 0 bridgehead atoms. The van der Waals surface area contributed by atoms with Crippen LogP contribution in [-0.2, 0) is 14.8 Å². The molecule has 0 saturated carbocycles. The van der Waals surface area contributed by atoms with Crippen molar-refractivity contribution in [3.63, 3.8) is 0 Å². The second-order valence-electron chi connectivity index (χ2n) is 5.74. The van der Waals surface area contributed by atoms with Crippen molar-refractivity contribution >= 4 is 21.6 Å². The van der Waals surface area contributed by atoms with Gasteiger partial charge in [-0.05, 0) is 38.8 Å². The molecule has 1 fully saturated rings. The molecule has 0 spiro atoms. The van der Waals surface area contributed by atoms with E-state index in [1.54, 1.807) is 18.2 Å². The average molecular weight is 326 g/mol. The third kappa shape index (κ3) is 4.45. The molecule has 1 aromatic carbocycles. The molecule has 122 valence electrons. The van der Waals surface area contributed by atoms with Gasteiger partial charge in [0.1, 0.15) is 0 Å². The number of ether oxygens (including phenoxy) is 1. The topological polar surface area (TPSA) is 84.5 Å². The van der Waals surface area contributed by atoms with Crippen molar-refractivity contribution in [2.24, 2.45) is 0 Å². The molecule has 1 amide bonds. The van der Waals surface area contributed by atoms with Gasteiger partial charge in [0.2, 0.25) is 10.0 Å². The van der Waals surface area contributed by atoms with Gasteiger partial charge in [-0.2, -0.15) is 0 Å². The van der Waals surface area contributed by atoms with Crippen LogP contribution in [0.15, 0.2) is 18.2 Å². The number of amides is 1. The number of carbonyl (C=O) groups is 1. The summed E-state index contributed by atoms with van der Waals surface area (Å²) in [6.45, 7) is 4.47. The van der Waals surface area contributed by atoms with Crippen molar-refractivity contribution in [2.75, 3.05) is 17.6 Å². The molecule has 1 aliphatic heterocycles. The van der Waals surface area contributed by atoms with Gasteiger partial charge in [-0.3, -0.25) is 9.52 Å². The highest BCUT2D eigenvalue weighted by molar-refractivity contribution is 7.92. The van der Waals surface area contributed by atoms with Crippen LogP contribution in [0.4, 0.5) is 5.69 Å². The van der Waals surface area contributed by atoms with E-state index in [1.807, 2.05) is 13.8 Å². The molecule has 1 aromatic rings. The van der Waals surface area contributed by atoms with Crippen molar-refractivity contribution < 1.29 is 17.9 Å². The minimum absolute atomic E-state index is 0.0140. The fourth-order valence-electron chi connectivity index (χ4n) is 2.51. The Morgan fingerprint density at radius 3 is 2.73 bits per heavy atom. The minimum atomic E-state index is -3.44. The predicted octanol–water partition coefficient (Wildman–Crippen LogP) is 1.66. The van der Waals surface area contributed by atoms with Crippen LogP contribution < -0.4 is 10.0 Å². The average Bonchev–Trinajstić information content (AvgIpc) is 2.93. The number of sulfonamides is 1. The first-order chi connectivity index (χ1) is 10.3. The van der Waals surface area contributed by atoms with Crippen molar-refractivity contribution in [1.29, 1.82) is 0 Å². The van der Waals surface area contributed by atoms with E-state index in [-0.39, 0.29) is 23.7 Å². The van der Waals surface area contributed by atoms with Gasteiger partial charge in [-0.25, -0.2) is 8.42 Å². The van der Waals surface area contributed by atoms with Gasteiger partial charge in [-0.1, -0.05) is 11.6 Å².